The number of nitrogens with zero attached hydrogens (tertiary/aromatic N) is 16. The van der Waals surface area contributed by atoms with Crippen LogP contribution >= 0.6 is 0 Å². The standard InChI is InChI=1S/C28H24F2N4O2.C28H25FN4O3.C28H25FN4O2.C28H28N4O2/c1-3-7-24(35)33-16-5-4-9-22(33)28-32-26(27-18(2)31-15-17-34(27)28)19-11-13-20(14-12-19)36-23-10-6-8-21(29)25(23)30;1-4-7-24(34)32-16-6-8-21(32)28-31-26(27-18(2)30-15-17-33(27)28)19-11-13-20(14-12-19)36-23-10-5-9-22(35-3)25(23)29;1-3-7-25(34)32-16-5-4-10-24(32)28-31-26(27-19(2)30-15-17-33(27)28)20-11-13-22(14-12-20)35-23-9-6-8-21(29)18-23;1-4-25(33)31-16-6-5-10-24(31)28-30-26(27-20(3)29-15-17-32(27)28)21-11-13-22(14-12-21)34-23-9-7-8-19(2)18-23/h6,8,10-15,17,22H,4-5,9,16H2,1-2H3;5,9-15,17,21H,6,8,16H2,1-3H3;6,8-9,11-15,17-18,24H,4-5,10,16H2,1-2H3;4,7-9,11-15,17-18,24H,1,5-6,10,16H2,2-3H3/t22-;21-;2*24-/m0000/s1. The minimum Gasteiger partial charge on any atom is -0.494 e. The van der Waals surface area contributed by atoms with Gasteiger partial charge in [0.15, 0.2) is 23.1 Å². The highest BCUT2D eigenvalue weighted by atomic mass is 19.2. The number of methoxy groups -OCH3 is 1. The SMILES string of the molecule is C=CC(=O)N1CCCC[C@H]1c1nc(-c2ccc(Oc3cccc(C)c3)cc2)c2c(C)nccn12.CC#CC(=O)N1CCCC[C@H]1c1nc(-c2ccc(Oc3cccc(F)c3)cc2)c2c(C)nccn12.CC#CC(=O)N1CCCC[C@H]1c1nc(-c2ccc(Oc3cccc(F)c3F)cc2)c2c(C)nccn12.CC#CC(=O)N1CCC[C@H]1c1nc(-c2ccc(Oc3cccc(OC)c3F)cc2)c2c(C)nccn12. The Morgan fingerprint density at radius 1 is 0.362 bits per heavy atom. The third kappa shape index (κ3) is 20.8. The maximum absolute atomic E-state index is 14.5. The van der Waals surface area contributed by atoms with Gasteiger partial charge in [0.2, 0.25) is 17.5 Å². The lowest BCUT2D eigenvalue weighted by atomic mass is 10.0. The molecular weight excluding hydrogens is 1790 g/mol. The Bertz CT molecular complexity index is 7600. The molecule has 0 saturated carbocycles. The lowest BCUT2D eigenvalue weighted by molar-refractivity contribution is -0.130. The molecule has 0 unspecified atom stereocenters. The first-order valence-corrected chi connectivity index (χ1v) is 46.8. The van der Waals surface area contributed by atoms with Gasteiger partial charge in [0.1, 0.15) is 63.6 Å². The van der Waals surface area contributed by atoms with Crippen LogP contribution in [0.1, 0.15) is 167 Å². The Kier molecular flexibility index (Phi) is 29.5. The zero-order valence-corrected chi connectivity index (χ0v) is 79.5. The van der Waals surface area contributed by atoms with Crippen LogP contribution in [0.5, 0.6) is 51.7 Å². The third-order valence-electron chi connectivity index (χ3n) is 25.2. The van der Waals surface area contributed by atoms with E-state index in [1.165, 1.54) is 43.5 Å². The number of amides is 4. The van der Waals surface area contributed by atoms with Crippen LogP contribution in [0.15, 0.2) is 244 Å². The van der Waals surface area contributed by atoms with E-state index in [2.05, 4.69) is 66.4 Å². The van der Waals surface area contributed by atoms with Gasteiger partial charge in [0.25, 0.3) is 17.7 Å². The number of halogens is 4. The predicted octanol–water partition coefficient (Wildman–Crippen LogP) is 22.9. The highest BCUT2D eigenvalue weighted by Gasteiger charge is 2.38. The Balaban J connectivity index is 0.000000130. The van der Waals surface area contributed by atoms with Crippen molar-refractivity contribution in [2.24, 2.45) is 0 Å². The molecule has 0 radical (unpaired) electrons. The van der Waals surface area contributed by atoms with Crippen LogP contribution in [0.25, 0.3) is 67.1 Å². The van der Waals surface area contributed by atoms with Gasteiger partial charge in [0, 0.05) is 104 Å². The molecule has 0 aliphatic carbocycles. The second kappa shape index (κ2) is 43.3. The van der Waals surface area contributed by atoms with Crippen molar-refractivity contribution < 1.29 is 60.4 Å². The molecule has 29 heteroatoms. The fourth-order valence-corrected chi connectivity index (χ4v) is 18.7. The van der Waals surface area contributed by atoms with Crippen LogP contribution in [0.3, 0.4) is 0 Å². The number of likely N-dealkylation sites (tertiary alicyclic amines) is 4. The number of hydrogen-bond donors (Lipinski definition) is 0. The number of piperidine rings is 3. The summed E-state index contributed by atoms with van der Waals surface area (Å²) >= 11 is 0. The molecule has 4 atom stereocenters. The molecule has 12 heterocycles. The van der Waals surface area contributed by atoms with E-state index in [1.54, 1.807) is 104 Å². The quantitative estimate of drug-likeness (QED) is 0.0440. The van der Waals surface area contributed by atoms with Crippen LogP contribution in [0.2, 0.25) is 0 Å². The first-order chi connectivity index (χ1) is 68.6. The van der Waals surface area contributed by atoms with Gasteiger partial charge in [-0.2, -0.15) is 8.78 Å². The molecule has 8 aromatic carbocycles. The van der Waals surface area contributed by atoms with Gasteiger partial charge in [0.05, 0.1) is 98.9 Å². The summed E-state index contributed by atoms with van der Waals surface area (Å²) in [6, 6.07) is 51.8. The summed E-state index contributed by atoms with van der Waals surface area (Å²) in [5.41, 5.74) is 14.8. The zero-order valence-electron chi connectivity index (χ0n) is 79.5. The predicted molar refractivity (Wildman–Crippen MR) is 529 cm³/mol. The summed E-state index contributed by atoms with van der Waals surface area (Å²) in [6.07, 6.45) is 26.2. The maximum Gasteiger partial charge on any atom is 0.299 e. The Hall–Kier alpha value is -16.7. The van der Waals surface area contributed by atoms with Crippen molar-refractivity contribution in [3.63, 3.8) is 0 Å². The Morgan fingerprint density at radius 2 is 0.681 bits per heavy atom. The van der Waals surface area contributed by atoms with E-state index < -0.39 is 17.5 Å². The average molecular weight is 1890 g/mol. The Labute approximate surface area is 813 Å². The summed E-state index contributed by atoms with van der Waals surface area (Å²) in [6.45, 7) is 21.2. The highest BCUT2D eigenvalue weighted by molar-refractivity contribution is 5.96. The molecule has 25 nitrogen and oxygen atoms in total. The second-order valence-electron chi connectivity index (χ2n) is 34.4. The lowest BCUT2D eigenvalue weighted by Crippen LogP contribution is -2.38. The molecule has 4 saturated heterocycles. The molecule has 0 bridgehead atoms. The minimum absolute atomic E-state index is 0.0496. The largest absolute Gasteiger partial charge is 0.494 e. The number of imidazole rings is 4. The van der Waals surface area contributed by atoms with Crippen molar-refractivity contribution in [3.05, 3.63) is 319 Å². The number of aromatic nitrogens is 12. The van der Waals surface area contributed by atoms with Crippen molar-refractivity contribution in [3.8, 4) is 132 Å². The molecule has 4 amide bonds. The van der Waals surface area contributed by atoms with E-state index in [-0.39, 0.29) is 70.9 Å². The second-order valence-corrected chi connectivity index (χ2v) is 34.4. The Morgan fingerprint density at radius 3 is 1.04 bits per heavy atom. The summed E-state index contributed by atoms with van der Waals surface area (Å²) < 4.78 is 91.8. The van der Waals surface area contributed by atoms with Gasteiger partial charge in [-0.25, -0.2) is 28.7 Å². The van der Waals surface area contributed by atoms with Gasteiger partial charge < -0.3 is 43.3 Å². The van der Waals surface area contributed by atoms with Gasteiger partial charge in [-0.3, -0.25) is 56.7 Å². The van der Waals surface area contributed by atoms with Crippen LogP contribution < -0.4 is 23.7 Å². The summed E-state index contributed by atoms with van der Waals surface area (Å²) in [7, 11) is 1.41. The molecule has 712 valence electrons. The lowest BCUT2D eigenvalue weighted by Gasteiger charge is -2.34. The van der Waals surface area contributed by atoms with E-state index >= 15 is 0 Å². The molecule has 0 N–H and O–H groups in total. The molecule has 8 aromatic heterocycles. The van der Waals surface area contributed by atoms with Gasteiger partial charge in [-0.05, 0) is 301 Å². The third-order valence-corrected chi connectivity index (χ3v) is 25.2. The molecule has 141 heavy (non-hydrogen) atoms. The van der Waals surface area contributed by atoms with Crippen molar-refractivity contribution in [1.82, 2.24) is 77.1 Å². The number of carbonyl (C=O) groups is 4. The van der Waals surface area contributed by atoms with Crippen molar-refractivity contribution in [2.45, 2.75) is 150 Å². The van der Waals surface area contributed by atoms with Crippen LogP contribution in [0, 0.1) is 93.4 Å². The first kappa shape index (κ1) is 96.0. The van der Waals surface area contributed by atoms with Crippen LogP contribution in [-0.2, 0) is 19.2 Å². The number of aryl methyl sites for hydroxylation is 5. The molecule has 4 aliphatic rings. The number of rotatable bonds is 18. The van der Waals surface area contributed by atoms with Gasteiger partial charge in [-0.1, -0.05) is 54.7 Å². The van der Waals surface area contributed by atoms with Crippen LogP contribution in [-0.4, -0.2) is 134 Å². The fourth-order valence-electron chi connectivity index (χ4n) is 18.7. The molecule has 20 rings (SSSR count). The van der Waals surface area contributed by atoms with Gasteiger partial charge in [-0.15, -0.1) is 0 Å². The normalized spacial score (nSPS) is 15.5. The monoisotopic (exact) mass is 1890 g/mol. The average Bonchev–Trinajstić information content (AvgIpc) is 1.61. The smallest absolute Gasteiger partial charge is 0.299 e. The number of fused-ring (bicyclic) bond motifs is 4. The molecule has 4 fully saturated rings. The highest BCUT2D eigenvalue weighted by Crippen LogP contribution is 2.44. The van der Waals surface area contributed by atoms with E-state index in [4.69, 9.17) is 43.6 Å². The van der Waals surface area contributed by atoms with E-state index in [1.807, 2.05) is 179 Å². The van der Waals surface area contributed by atoms with E-state index in [0.29, 0.717) is 42.6 Å². The topological polar surface area (TPSA) is 248 Å². The molecule has 16 aromatic rings. The first-order valence-electron chi connectivity index (χ1n) is 46.8. The van der Waals surface area contributed by atoms with E-state index in [9.17, 15) is 36.7 Å². The number of ether oxygens (including phenoxy) is 5. The maximum atomic E-state index is 14.5. The van der Waals surface area contributed by atoms with Gasteiger partial charge >= 0.3 is 0 Å². The van der Waals surface area contributed by atoms with Crippen LogP contribution in [0.4, 0.5) is 17.6 Å². The summed E-state index contributed by atoms with van der Waals surface area (Å²) in [4.78, 5) is 96.1. The fraction of sp³-hybridized carbons (Fsp3) is 0.250. The number of hydrogen-bond acceptors (Lipinski definition) is 17. The minimum atomic E-state index is -1.03. The van der Waals surface area contributed by atoms with Crippen molar-refractivity contribution >= 4 is 45.7 Å². The molecule has 0 spiro atoms. The molecular formula is C112H102F4N16O9. The zero-order chi connectivity index (χ0) is 98.5. The van der Waals surface area contributed by atoms with Crippen molar-refractivity contribution in [1.29, 1.82) is 0 Å². The van der Waals surface area contributed by atoms with Crippen molar-refractivity contribution in [2.75, 3.05) is 33.3 Å². The van der Waals surface area contributed by atoms with E-state index in [0.717, 1.165) is 213 Å². The number of benzene rings is 8. The number of carbonyl (C=O) groups excluding carboxylic acids is 4. The summed E-state index contributed by atoms with van der Waals surface area (Å²) in [5.74, 6) is 19.4. The molecule has 4 aliphatic heterocycles. The summed E-state index contributed by atoms with van der Waals surface area (Å²) in [5, 5.41) is 0.